The lowest BCUT2D eigenvalue weighted by Crippen LogP contribution is -2.11. The van der Waals surface area contributed by atoms with Crippen LogP contribution in [0.2, 0.25) is 0 Å². The lowest BCUT2D eigenvalue weighted by Gasteiger charge is -2.16. The van der Waals surface area contributed by atoms with Crippen LogP contribution in [0.1, 0.15) is 83.4 Å². The number of ether oxygens (including phenoxy) is 1. The third-order valence-electron chi connectivity index (χ3n) is 4.94. The summed E-state index contributed by atoms with van der Waals surface area (Å²) in [5, 5.41) is 0. The van der Waals surface area contributed by atoms with Gasteiger partial charge in [0.15, 0.2) is 5.82 Å². The van der Waals surface area contributed by atoms with Crippen LogP contribution >= 0.6 is 0 Å². The number of benzene rings is 1. The van der Waals surface area contributed by atoms with E-state index in [9.17, 15) is 0 Å². The van der Waals surface area contributed by atoms with Crippen LogP contribution in [0.5, 0.6) is 5.88 Å². The molecule has 0 saturated heterocycles. The Hall–Kier alpha value is -1.90. The van der Waals surface area contributed by atoms with Crippen LogP contribution in [0.4, 0.5) is 0 Å². The van der Waals surface area contributed by atoms with E-state index >= 15 is 0 Å². The fourth-order valence-corrected chi connectivity index (χ4v) is 3.46. The highest BCUT2D eigenvalue weighted by Crippen LogP contribution is 2.29. The first-order valence-corrected chi connectivity index (χ1v) is 10.7. The molecule has 0 saturated carbocycles. The summed E-state index contributed by atoms with van der Waals surface area (Å²) in [6, 6.07) is 6.50. The number of nitrogens with zero attached hydrogens (tertiary/aromatic N) is 2. The van der Waals surface area contributed by atoms with Crippen molar-refractivity contribution in [3.05, 3.63) is 41.1 Å². The highest BCUT2D eigenvalue weighted by Gasteiger charge is 2.16. The summed E-state index contributed by atoms with van der Waals surface area (Å²) >= 11 is 0. The average molecular weight is 369 g/mol. The minimum Gasteiger partial charge on any atom is -0.475 e. The van der Waals surface area contributed by atoms with Crippen molar-refractivity contribution in [2.24, 2.45) is 0 Å². The predicted octanol–water partition coefficient (Wildman–Crippen LogP) is 6.57. The second kappa shape index (κ2) is 11.1. The molecule has 0 aliphatic carbocycles. The van der Waals surface area contributed by atoms with Gasteiger partial charge in [0.2, 0.25) is 5.88 Å². The van der Waals surface area contributed by atoms with Gasteiger partial charge in [0.05, 0.1) is 6.10 Å². The zero-order chi connectivity index (χ0) is 19.6. The molecule has 0 bridgehead atoms. The van der Waals surface area contributed by atoms with E-state index in [0.29, 0.717) is 0 Å². The summed E-state index contributed by atoms with van der Waals surface area (Å²) < 4.78 is 6.08. The molecule has 0 aliphatic rings. The van der Waals surface area contributed by atoms with Gasteiger partial charge in [-0.2, -0.15) is 4.98 Å². The van der Waals surface area contributed by atoms with E-state index in [0.717, 1.165) is 36.5 Å². The molecule has 3 nitrogen and oxygen atoms in total. The van der Waals surface area contributed by atoms with Crippen LogP contribution in [0.15, 0.2) is 24.4 Å². The minimum absolute atomic E-state index is 0.110. The van der Waals surface area contributed by atoms with Gasteiger partial charge < -0.3 is 4.74 Å². The number of rotatable bonds is 11. The molecule has 3 heteroatoms. The van der Waals surface area contributed by atoms with Gasteiger partial charge in [-0.05, 0) is 50.7 Å². The van der Waals surface area contributed by atoms with Gasteiger partial charge in [0.1, 0.15) is 0 Å². The molecule has 27 heavy (non-hydrogen) atoms. The molecular weight excluding hydrogens is 332 g/mol. The molecule has 1 aromatic carbocycles. The molecule has 1 aromatic heterocycles. The van der Waals surface area contributed by atoms with Crippen molar-refractivity contribution in [3.63, 3.8) is 0 Å². The Morgan fingerprint density at radius 2 is 1.56 bits per heavy atom. The monoisotopic (exact) mass is 368 g/mol. The van der Waals surface area contributed by atoms with Gasteiger partial charge in [0, 0.05) is 17.3 Å². The van der Waals surface area contributed by atoms with Gasteiger partial charge in [-0.1, -0.05) is 64.7 Å². The molecule has 0 aliphatic heterocycles. The number of aryl methyl sites for hydroxylation is 3. The first-order valence-electron chi connectivity index (χ1n) is 10.7. The molecule has 0 spiro atoms. The highest BCUT2D eigenvalue weighted by molar-refractivity contribution is 5.65. The van der Waals surface area contributed by atoms with Gasteiger partial charge in [-0.25, -0.2) is 4.98 Å². The zero-order valence-electron chi connectivity index (χ0n) is 17.8. The Kier molecular flexibility index (Phi) is 8.77. The van der Waals surface area contributed by atoms with E-state index in [2.05, 4.69) is 52.8 Å². The van der Waals surface area contributed by atoms with E-state index in [1.807, 2.05) is 6.20 Å². The first kappa shape index (κ1) is 21.4. The molecule has 0 atom stereocenters. The fourth-order valence-electron chi connectivity index (χ4n) is 3.46. The Morgan fingerprint density at radius 1 is 0.889 bits per heavy atom. The van der Waals surface area contributed by atoms with Crippen LogP contribution in [0, 0.1) is 0 Å². The summed E-state index contributed by atoms with van der Waals surface area (Å²) in [6.07, 6.45) is 11.4. The van der Waals surface area contributed by atoms with Crippen LogP contribution in [0.25, 0.3) is 11.4 Å². The van der Waals surface area contributed by atoms with E-state index in [1.54, 1.807) is 0 Å². The predicted molar refractivity (Wildman–Crippen MR) is 114 cm³/mol. The Labute approximate surface area is 165 Å². The third kappa shape index (κ3) is 6.05. The molecule has 0 unspecified atom stereocenters. The van der Waals surface area contributed by atoms with Gasteiger partial charge in [0.25, 0.3) is 0 Å². The van der Waals surface area contributed by atoms with Crippen molar-refractivity contribution in [1.82, 2.24) is 9.97 Å². The van der Waals surface area contributed by atoms with Crippen molar-refractivity contribution < 1.29 is 4.74 Å². The maximum Gasteiger partial charge on any atom is 0.220 e. The van der Waals surface area contributed by atoms with Crippen molar-refractivity contribution in [1.29, 1.82) is 0 Å². The second-order valence-electron chi connectivity index (χ2n) is 7.51. The van der Waals surface area contributed by atoms with Crippen molar-refractivity contribution in [3.8, 4) is 17.3 Å². The zero-order valence-corrected chi connectivity index (χ0v) is 17.8. The lowest BCUT2D eigenvalue weighted by molar-refractivity contribution is 0.229. The first-order chi connectivity index (χ1) is 13.1. The molecule has 1 heterocycles. The molecule has 0 fully saturated rings. The average Bonchev–Trinajstić information content (AvgIpc) is 2.67. The number of hydrogen-bond donors (Lipinski definition) is 0. The Balaban J connectivity index is 2.32. The van der Waals surface area contributed by atoms with Crippen molar-refractivity contribution in [2.75, 3.05) is 0 Å². The smallest absolute Gasteiger partial charge is 0.220 e. The molecule has 148 valence electrons. The Morgan fingerprint density at radius 3 is 2.15 bits per heavy atom. The summed E-state index contributed by atoms with van der Waals surface area (Å²) in [4.78, 5) is 9.64. The summed E-state index contributed by atoms with van der Waals surface area (Å²) in [7, 11) is 0. The summed E-state index contributed by atoms with van der Waals surface area (Å²) in [5.41, 5.74) is 4.93. The normalized spacial score (nSPS) is 11.2. The van der Waals surface area contributed by atoms with Crippen molar-refractivity contribution >= 4 is 0 Å². The van der Waals surface area contributed by atoms with E-state index in [4.69, 9.17) is 14.7 Å². The summed E-state index contributed by atoms with van der Waals surface area (Å²) in [6.45, 7) is 10.7. The number of unbranched alkanes of at least 4 members (excludes halogenated alkanes) is 4. The van der Waals surface area contributed by atoms with Crippen molar-refractivity contribution in [2.45, 2.75) is 92.1 Å². The lowest BCUT2D eigenvalue weighted by atomic mass is 9.97. The maximum atomic E-state index is 6.08. The number of aromatic nitrogens is 2. The molecule has 0 amide bonds. The van der Waals surface area contributed by atoms with Gasteiger partial charge in [-0.3, -0.25) is 0 Å². The van der Waals surface area contributed by atoms with Gasteiger partial charge >= 0.3 is 0 Å². The molecule has 2 rings (SSSR count). The summed E-state index contributed by atoms with van der Waals surface area (Å²) in [5.74, 6) is 1.56. The van der Waals surface area contributed by atoms with Crippen LogP contribution in [0.3, 0.4) is 0 Å². The molecule has 0 N–H and O–H groups in total. The Bertz CT molecular complexity index is 687. The van der Waals surface area contributed by atoms with Gasteiger partial charge in [-0.15, -0.1) is 0 Å². The highest BCUT2D eigenvalue weighted by atomic mass is 16.5. The minimum atomic E-state index is 0.110. The van der Waals surface area contributed by atoms with E-state index in [1.165, 1.54) is 48.8 Å². The standard InChI is InChI=1S/C24H36N2O/c1-6-9-10-11-12-14-21-17-25-23(26-24(21)27-18(4)5)22-19(7-2)15-13-16-20(22)8-3/h13,15-18H,6-12,14H2,1-5H3. The molecule has 0 radical (unpaired) electrons. The van der Waals surface area contributed by atoms with E-state index in [-0.39, 0.29) is 6.10 Å². The van der Waals surface area contributed by atoms with Crippen LogP contribution in [-0.4, -0.2) is 16.1 Å². The maximum absolute atomic E-state index is 6.08. The molecular formula is C24H36N2O. The van der Waals surface area contributed by atoms with Crippen LogP contribution < -0.4 is 4.74 Å². The van der Waals surface area contributed by atoms with Crippen LogP contribution in [-0.2, 0) is 19.3 Å². The number of hydrogen-bond acceptors (Lipinski definition) is 3. The van der Waals surface area contributed by atoms with E-state index < -0.39 is 0 Å². The SMILES string of the molecule is CCCCCCCc1cnc(-c2c(CC)cccc2CC)nc1OC(C)C. The topological polar surface area (TPSA) is 35.0 Å². The molecule has 2 aromatic rings. The quantitative estimate of drug-likeness (QED) is 0.421. The fraction of sp³-hybridized carbons (Fsp3) is 0.583. The largest absolute Gasteiger partial charge is 0.475 e. The second-order valence-corrected chi connectivity index (χ2v) is 7.51. The third-order valence-corrected chi connectivity index (χ3v) is 4.94.